The molecule has 0 aliphatic carbocycles. The van der Waals surface area contributed by atoms with Crippen LogP contribution in [0.3, 0.4) is 0 Å². The average Bonchev–Trinajstić information content (AvgIpc) is 3.34. The standard InChI is InChI=1S/C33H43N7O5/c1-8-9-22(2)45-32(41)13-11-23-10-12-28-24(18-23)25(21-39(28)6)26-14-15-34-33(35-26)36-27-19-30(40(42)43)29(20-31(27)44-7)38(5)17-16-37(3)4/h10,12,14-15,18-22H,8-9,11,13,16-17H2,1-7H3,(H,34,35,36). The van der Waals surface area contributed by atoms with E-state index >= 15 is 0 Å². The number of ether oxygens (including phenoxy) is 2. The summed E-state index contributed by atoms with van der Waals surface area (Å²) in [7, 11) is 9.22. The molecule has 0 amide bonds. The van der Waals surface area contributed by atoms with E-state index in [2.05, 4.69) is 23.3 Å². The Morgan fingerprint density at radius 2 is 1.93 bits per heavy atom. The maximum absolute atomic E-state index is 12.4. The number of nitrogens with one attached hydrogen (secondary N) is 1. The first-order valence-corrected chi connectivity index (χ1v) is 15.1. The second kappa shape index (κ2) is 14.8. The van der Waals surface area contributed by atoms with Crippen LogP contribution < -0.4 is 15.0 Å². The van der Waals surface area contributed by atoms with Crippen LogP contribution in [-0.2, 0) is 23.0 Å². The van der Waals surface area contributed by atoms with E-state index in [1.54, 1.807) is 12.3 Å². The van der Waals surface area contributed by atoms with Gasteiger partial charge in [0.05, 0.1) is 29.5 Å². The van der Waals surface area contributed by atoms with Crippen molar-refractivity contribution >= 4 is 39.9 Å². The minimum Gasteiger partial charge on any atom is -0.494 e. The van der Waals surface area contributed by atoms with Crippen molar-refractivity contribution < 1.29 is 19.2 Å². The number of carbonyl (C=O) groups is 1. The Balaban J connectivity index is 1.61. The molecule has 1 unspecified atom stereocenters. The molecule has 0 aliphatic rings. The molecule has 12 heteroatoms. The number of hydrogen-bond donors (Lipinski definition) is 1. The predicted molar refractivity (Wildman–Crippen MR) is 177 cm³/mol. The highest BCUT2D eigenvalue weighted by Crippen LogP contribution is 2.39. The maximum atomic E-state index is 12.4. The molecule has 4 aromatic rings. The smallest absolute Gasteiger partial charge is 0.306 e. The number of aryl methyl sites for hydroxylation is 2. The van der Waals surface area contributed by atoms with Gasteiger partial charge in [0.15, 0.2) is 0 Å². The van der Waals surface area contributed by atoms with E-state index in [4.69, 9.17) is 14.5 Å². The molecule has 1 atom stereocenters. The highest BCUT2D eigenvalue weighted by atomic mass is 16.6. The van der Waals surface area contributed by atoms with Crippen LogP contribution in [0, 0.1) is 10.1 Å². The van der Waals surface area contributed by atoms with Crippen LogP contribution in [0.15, 0.2) is 48.8 Å². The lowest BCUT2D eigenvalue weighted by Gasteiger charge is -2.22. The van der Waals surface area contributed by atoms with Crippen LogP contribution in [0.5, 0.6) is 5.75 Å². The molecule has 0 saturated heterocycles. The van der Waals surface area contributed by atoms with Crippen LogP contribution in [-0.4, -0.2) is 77.8 Å². The summed E-state index contributed by atoms with van der Waals surface area (Å²) in [6.45, 7) is 5.33. The van der Waals surface area contributed by atoms with Gasteiger partial charge < -0.3 is 29.2 Å². The summed E-state index contributed by atoms with van der Waals surface area (Å²) < 4.78 is 13.2. The topological polar surface area (TPSA) is 128 Å². The van der Waals surface area contributed by atoms with Crippen molar-refractivity contribution in [3.63, 3.8) is 0 Å². The quantitative estimate of drug-likeness (QED) is 0.0970. The highest BCUT2D eigenvalue weighted by Gasteiger charge is 2.23. The molecule has 12 nitrogen and oxygen atoms in total. The molecule has 0 aliphatic heterocycles. The predicted octanol–water partition coefficient (Wildman–Crippen LogP) is 5.96. The lowest BCUT2D eigenvalue weighted by Crippen LogP contribution is -2.28. The summed E-state index contributed by atoms with van der Waals surface area (Å²) in [5, 5.41) is 16.2. The van der Waals surface area contributed by atoms with Crippen molar-refractivity contribution in [1.29, 1.82) is 0 Å². The number of nitro benzene ring substituents is 1. The van der Waals surface area contributed by atoms with E-state index in [1.165, 1.54) is 13.2 Å². The molecule has 45 heavy (non-hydrogen) atoms. The van der Waals surface area contributed by atoms with E-state index in [0.717, 1.165) is 41.4 Å². The number of nitrogens with zero attached hydrogens (tertiary/aromatic N) is 6. The molecule has 2 aromatic carbocycles. The highest BCUT2D eigenvalue weighted by molar-refractivity contribution is 5.95. The van der Waals surface area contributed by atoms with Gasteiger partial charge in [-0.25, -0.2) is 9.97 Å². The summed E-state index contributed by atoms with van der Waals surface area (Å²) in [4.78, 5) is 37.0. The average molecular weight is 618 g/mol. The molecule has 2 aromatic heterocycles. The van der Waals surface area contributed by atoms with Crippen molar-refractivity contribution in [1.82, 2.24) is 19.4 Å². The van der Waals surface area contributed by atoms with Crippen molar-refractivity contribution in [2.45, 2.75) is 45.6 Å². The zero-order valence-electron chi connectivity index (χ0n) is 27.2. The van der Waals surface area contributed by atoms with Gasteiger partial charge in [0.1, 0.15) is 11.4 Å². The summed E-state index contributed by atoms with van der Waals surface area (Å²) in [6.07, 6.45) is 6.26. The minimum atomic E-state index is -0.400. The second-order valence-electron chi connectivity index (χ2n) is 11.5. The molecule has 0 saturated carbocycles. The van der Waals surface area contributed by atoms with E-state index in [9.17, 15) is 14.9 Å². The lowest BCUT2D eigenvalue weighted by molar-refractivity contribution is -0.384. The van der Waals surface area contributed by atoms with Crippen molar-refractivity contribution in [3.8, 4) is 17.0 Å². The summed E-state index contributed by atoms with van der Waals surface area (Å²) in [5.74, 6) is 0.504. The Hall–Kier alpha value is -4.71. The zero-order valence-corrected chi connectivity index (χ0v) is 27.2. The third kappa shape index (κ3) is 8.27. The third-order valence-corrected chi connectivity index (χ3v) is 7.66. The third-order valence-electron chi connectivity index (χ3n) is 7.66. The molecule has 4 rings (SSSR count). The fourth-order valence-corrected chi connectivity index (χ4v) is 5.23. The van der Waals surface area contributed by atoms with E-state index in [0.29, 0.717) is 42.2 Å². The Morgan fingerprint density at radius 3 is 2.62 bits per heavy atom. The van der Waals surface area contributed by atoms with Gasteiger partial charge in [-0.3, -0.25) is 14.9 Å². The van der Waals surface area contributed by atoms with Crippen LogP contribution in [0.2, 0.25) is 0 Å². The van der Waals surface area contributed by atoms with E-state index in [-0.39, 0.29) is 23.7 Å². The van der Waals surface area contributed by atoms with Gasteiger partial charge in [-0.2, -0.15) is 0 Å². The lowest BCUT2D eigenvalue weighted by atomic mass is 10.0. The number of fused-ring (bicyclic) bond motifs is 1. The van der Waals surface area contributed by atoms with Gasteiger partial charge in [0.2, 0.25) is 5.95 Å². The summed E-state index contributed by atoms with van der Waals surface area (Å²) in [6, 6.07) is 11.1. The molecule has 240 valence electrons. The first-order valence-electron chi connectivity index (χ1n) is 15.1. The van der Waals surface area contributed by atoms with Crippen LogP contribution in [0.4, 0.5) is 23.0 Å². The van der Waals surface area contributed by atoms with Gasteiger partial charge >= 0.3 is 5.97 Å². The van der Waals surface area contributed by atoms with E-state index < -0.39 is 4.92 Å². The normalized spacial score (nSPS) is 11.9. The first kappa shape index (κ1) is 33.2. The van der Waals surface area contributed by atoms with Crippen molar-refractivity contribution in [2.75, 3.05) is 51.6 Å². The Labute approximate surface area is 264 Å². The Kier molecular flexibility index (Phi) is 10.9. The monoisotopic (exact) mass is 617 g/mol. The molecule has 0 spiro atoms. The van der Waals surface area contributed by atoms with Crippen molar-refractivity contribution in [2.24, 2.45) is 7.05 Å². The first-order chi connectivity index (χ1) is 21.5. The SMILES string of the molecule is CCCC(C)OC(=O)CCc1ccc2c(c1)c(-c1ccnc(Nc3cc([N+](=O)[O-])c(N(C)CCN(C)C)cc3OC)n1)cn2C. The number of benzene rings is 2. The number of hydrogen-bond acceptors (Lipinski definition) is 10. The van der Waals surface area contributed by atoms with Gasteiger partial charge in [-0.15, -0.1) is 0 Å². The number of carbonyl (C=O) groups excluding carboxylic acids is 1. The number of nitro groups is 1. The molecule has 0 bridgehead atoms. The largest absolute Gasteiger partial charge is 0.494 e. The van der Waals surface area contributed by atoms with Gasteiger partial charge in [0.25, 0.3) is 5.69 Å². The van der Waals surface area contributed by atoms with Crippen LogP contribution >= 0.6 is 0 Å². The van der Waals surface area contributed by atoms with Gasteiger partial charge in [-0.05, 0) is 57.6 Å². The molecule has 0 radical (unpaired) electrons. The number of aromatic nitrogens is 3. The summed E-state index contributed by atoms with van der Waals surface area (Å²) in [5.41, 5.74) is 4.40. The number of likely N-dealkylation sites (N-methyl/N-ethyl adjacent to an activating group) is 2. The Morgan fingerprint density at radius 1 is 1.16 bits per heavy atom. The molecule has 1 N–H and O–H groups in total. The summed E-state index contributed by atoms with van der Waals surface area (Å²) >= 11 is 0. The van der Waals surface area contributed by atoms with Crippen LogP contribution in [0.25, 0.3) is 22.2 Å². The fourth-order valence-electron chi connectivity index (χ4n) is 5.23. The van der Waals surface area contributed by atoms with Crippen molar-refractivity contribution in [3.05, 3.63) is 64.5 Å². The van der Waals surface area contributed by atoms with E-state index in [1.807, 2.05) is 73.9 Å². The maximum Gasteiger partial charge on any atom is 0.306 e. The minimum absolute atomic E-state index is 0.0546. The van der Waals surface area contributed by atoms with Crippen LogP contribution in [0.1, 0.15) is 38.7 Å². The number of esters is 1. The number of methoxy groups -OCH3 is 1. The second-order valence-corrected chi connectivity index (χ2v) is 11.5. The van der Waals surface area contributed by atoms with Gasteiger partial charge in [-0.1, -0.05) is 19.4 Å². The molecular weight excluding hydrogens is 574 g/mol. The number of anilines is 3. The zero-order chi connectivity index (χ0) is 32.7. The number of rotatable bonds is 15. The Bertz CT molecular complexity index is 1650. The fraction of sp³-hybridized carbons (Fsp3) is 0.424. The van der Waals surface area contributed by atoms with Gasteiger partial charge in [0, 0.05) is 74.6 Å². The molecule has 0 fully saturated rings. The molecular formula is C33H43N7O5. The molecule has 2 heterocycles.